The summed E-state index contributed by atoms with van der Waals surface area (Å²) in [4.78, 5) is 32.2. The molecule has 1 aromatic rings. The maximum atomic E-state index is 10.8. The van der Waals surface area contributed by atoms with Crippen LogP contribution in [-0.4, -0.2) is 47.7 Å². The van der Waals surface area contributed by atoms with E-state index in [4.69, 9.17) is 11.1 Å². The van der Waals surface area contributed by atoms with E-state index in [1.54, 1.807) is 19.9 Å². The molecular formula is C14H24ClN4O6+. The molecule has 0 amide bonds. The maximum Gasteiger partial charge on any atom is 0.379 e. The van der Waals surface area contributed by atoms with E-state index in [2.05, 4.69) is 31.3 Å². The number of hydrogen-bond donors (Lipinski definition) is 3. The molecule has 10 nitrogen and oxygen atoms in total. The molecular weight excluding hydrogens is 356 g/mol. The van der Waals surface area contributed by atoms with Gasteiger partial charge in [0.15, 0.2) is 0 Å². The molecule has 0 saturated carbocycles. The number of esters is 2. The first-order valence-corrected chi connectivity index (χ1v) is 6.76. The first kappa shape index (κ1) is 27.0. The van der Waals surface area contributed by atoms with Crippen molar-refractivity contribution in [3.8, 4) is 0 Å². The molecule has 0 atom stereocenters. The van der Waals surface area contributed by atoms with Crippen LogP contribution in [0.2, 0.25) is 0 Å². The third kappa shape index (κ3) is 14.4. The molecule has 0 aliphatic rings. The number of ether oxygens (including phenoxy) is 3. The lowest BCUT2D eigenvalue weighted by molar-refractivity contribution is -0.151. The van der Waals surface area contributed by atoms with Crippen molar-refractivity contribution in [2.24, 2.45) is 0 Å². The van der Waals surface area contributed by atoms with Gasteiger partial charge in [-0.25, -0.2) is 20.7 Å². The average Bonchev–Trinajstić information content (AvgIpc) is 3.12. The first-order valence-electron chi connectivity index (χ1n) is 6.76. The first-order chi connectivity index (χ1) is 11.6. The van der Waals surface area contributed by atoms with Gasteiger partial charge in [0, 0.05) is 13.7 Å². The van der Waals surface area contributed by atoms with E-state index in [1.165, 1.54) is 6.20 Å². The van der Waals surface area contributed by atoms with Gasteiger partial charge in [0.2, 0.25) is 6.61 Å². The van der Waals surface area contributed by atoms with Crippen molar-refractivity contribution in [3.63, 3.8) is 0 Å². The third-order valence-electron chi connectivity index (χ3n) is 1.91. The van der Waals surface area contributed by atoms with Crippen molar-refractivity contribution in [3.05, 3.63) is 37.2 Å². The molecule has 1 aromatic heterocycles. The summed E-state index contributed by atoms with van der Waals surface area (Å²) in [5.74, 6) is -1.97. The van der Waals surface area contributed by atoms with E-state index in [9.17, 15) is 14.4 Å². The van der Waals surface area contributed by atoms with Crippen LogP contribution in [0.1, 0.15) is 25.8 Å². The molecule has 11 heteroatoms. The van der Waals surface area contributed by atoms with Crippen LogP contribution in [0.5, 0.6) is 0 Å². The predicted molar refractivity (Wildman–Crippen MR) is 91.4 cm³/mol. The van der Waals surface area contributed by atoms with E-state index >= 15 is 0 Å². The van der Waals surface area contributed by atoms with Gasteiger partial charge in [0.1, 0.15) is 12.6 Å². The number of ketones is 1. The van der Waals surface area contributed by atoms with Gasteiger partial charge in [0.05, 0.1) is 19.5 Å². The van der Waals surface area contributed by atoms with Crippen LogP contribution in [0.3, 0.4) is 0 Å². The van der Waals surface area contributed by atoms with Crippen molar-refractivity contribution < 1.29 is 30.0 Å². The van der Waals surface area contributed by atoms with Crippen LogP contribution in [0.4, 0.5) is 0 Å². The van der Waals surface area contributed by atoms with Crippen molar-refractivity contribution in [2.75, 3.05) is 19.8 Å². The van der Waals surface area contributed by atoms with Crippen LogP contribution >= 0.6 is 12.4 Å². The Morgan fingerprint density at radius 2 is 1.88 bits per heavy atom. The van der Waals surface area contributed by atoms with E-state index in [-0.39, 0.29) is 33.0 Å². The fraction of sp³-hybridized carbons (Fsp3) is 0.357. The maximum absolute atomic E-state index is 10.8. The summed E-state index contributed by atoms with van der Waals surface area (Å²) in [7, 11) is 0. The van der Waals surface area contributed by atoms with Crippen LogP contribution in [0, 0.1) is 18.0 Å². The van der Waals surface area contributed by atoms with Gasteiger partial charge in [0.25, 0.3) is 5.78 Å². The number of aromatic nitrogens is 2. The average molecular weight is 380 g/mol. The zero-order valence-corrected chi connectivity index (χ0v) is 14.8. The Labute approximate surface area is 153 Å². The van der Waals surface area contributed by atoms with E-state index in [0.29, 0.717) is 12.3 Å². The van der Waals surface area contributed by atoms with Gasteiger partial charge >= 0.3 is 11.9 Å². The van der Waals surface area contributed by atoms with Crippen molar-refractivity contribution in [1.82, 2.24) is 10.2 Å². The molecule has 0 bridgehead atoms. The molecule has 0 unspecified atom stereocenters. The highest BCUT2D eigenvalue weighted by molar-refractivity contribution is 6.38. The zero-order chi connectivity index (χ0) is 18.8. The standard InChI is InChI=1S/C8H11O4.C6H8N2O2.ClH.H2N2.H2/c1-3-11-6-5-7(9)8(10)12-4-2;1-2-10-6(9)5-3-4-7-8-5;;1-2;/h5-6H,1,3-4H2,2H3;3-4H,2H2,1H3,(H,7,8);1H;1-2H;1H/q+1;;;;/b6-5+;;;;. The van der Waals surface area contributed by atoms with Crippen LogP contribution < -0.4 is 0 Å². The monoisotopic (exact) mass is 379 g/mol. The summed E-state index contributed by atoms with van der Waals surface area (Å²) in [6.07, 6.45) is 3.63. The van der Waals surface area contributed by atoms with Gasteiger partial charge in [-0.05, 0) is 19.9 Å². The fourth-order valence-electron chi connectivity index (χ4n) is 1.03. The summed E-state index contributed by atoms with van der Waals surface area (Å²) in [6.45, 7) is 7.54. The van der Waals surface area contributed by atoms with Gasteiger partial charge in [-0.15, -0.1) is 12.4 Å². The summed E-state index contributed by atoms with van der Waals surface area (Å²) >= 11 is 0. The Kier molecular flexibility index (Phi) is 20.7. The van der Waals surface area contributed by atoms with Crippen molar-refractivity contribution in [1.29, 1.82) is 11.1 Å². The zero-order valence-electron chi connectivity index (χ0n) is 13.9. The number of aromatic amines is 1. The summed E-state index contributed by atoms with van der Waals surface area (Å²) in [5, 5.41) is 6.10. The largest absolute Gasteiger partial charge is 0.461 e. The fourth-order valence-corrected chi connectivity index (χ4v) is 1.03. The second kappa shape index (κ2) is 19.2. The molecule has 0 aromatic carbocycles. The van der Waals surface area contributed by atoms with Gasteiger partial charge in [-0.2, -0.15) is 5.10 Å². The molecule has 1 rings (SSSR count). The molecule has 0 fully saturated rings. The van der Waals surface area contributed by atoms with Crippen LogP contribution in [0.25, 0.3) is 0 Å². The van der Waals surface area contributed by atoms with E-state index in [0.717, 1.165) is 12.3 Å². The molecule has 25 heavy (non-hydrogen) atoms. The number of hydrogen-bond acceptors (Lipinski definition) is 9. The molecule has 1 heterocycles. The molecule has 0 aliphatic heterocycles. The molecule has 0 aliphatic carbocycles. The minimum atomic E-state index is -0.874. The van der Waals surface area contributed by atoms with Gasteiger partial charge < -0.3 is 14.2 Å². The number of nitrogens with one attached hydrogen (secondary N) is 3. The summed E-state index contributed by atoms with van der Waals surface area (Å²) in [5.41, 5.74) is 10.4. The predicted octanol–water partition coefficient (Wildman–Crippen LogP) is 2.33. The minimum Gasteiger partial charge on any atom is -0.461 e. The van der Waals surface area contributed by atoms with Crippen LogP contribution in [-0.2, 0) is 23.8 Å². The van der Waals surface area contributed by atoms with E-state index in [1.807, 2.05) is 0 Å². The second-order valence-corrected chi connectivity index (χ2v) is 3.45. The Bertz CT molecular complexity index is 514. The quantitative estimate of drug-likeness (QED) is 0.164. The van der Waals surface area contributed by atoms with Crippen molar-refractivity contribution >= 4 is 30.1 Å². The minimum absolute atomic E-state index is 0. The Morgan fingerprint density at radius 3 is 2.32 bits per heavy atom. The highest BCUT2D eigenvalue weighted by atomic mass is 35.5. The number of carbonyl (C=O) groups is 3. The highest BCUT2D eigenvalue weighted by Crippen LogP contribution is 1.93. The lowest BCUT2D eigenvalue weighted by Crippen LogP contribution is -2.14. The number of nitrogens with zero attached hydrogens (tertiary/aromatic N) is 1. The Morgan fingerprint density at radius 1 is 1.28 bits per heavy atom. The van der Waals surface area contributed by atoms with Gasteiger partial charge in [-0.1, -0.05) is 0 Å². The summed E-state index contributed by atoms with van der Waals surface area (Å²) in [6, 6.07) is 1.57. The summed E-state index contributed by atoms with van der Waals surface area (Å²) < 4.78 is 13.7. The highest BCUT2D eigenvalue weighted by Gasteiger charge is 2.10. The van der Waals surface area contributed by atoms with Gasteiger partial charge in [-0.3, -0.25) is 9.89 Å². The van der Waals surface area contributed by atoms with E-state index < -0.39 is 11.8 Å². The third-order valence-corrected chi connectivity index (χ3v) is 1.91. The molecule has 0 radical (unpaired) electrons. The number of H-pyrrole nitrogens is 1. The lowest BCUT2D eigenvalue weighted by Gasteiger charge is -1.95. The smallest absolute Gasteiger partial charge is 0.379 e. The number of carbonyl (C=O) groups excluding carboxylic acids is 3. The second-order valence-electron chi connectivity index (χ2n) is 3.45. The molecule has 0 spiro atoms. The van der Waals surface area contributed by atoms with Crippen molar-refractivity contribution in [2.45, 2.75) is 13.8 Å². The lowest BCUT2D eigenvalue weighted by atomic mass is 10.4. The molecule has 3 N–H and O–H groups in total. The normalized spacial score (nSPS) is 8.56. The van der Waals surface area contributed by atoms with Crippen LogP contribution in [0.15, 0.2) is 24.6 Å². The molecule has 142 valence electrons. The number of rotatable bonds is 7. The topological polar surface area (TPSA) is 155 Å². The SMILES string of the molecule is CCOC(=O)c1ccn[nH]1.Cl.N=N.[CH2+]CO/C=C/C(=O)C(=O)OCC.[HH]. The Balaban J connectivity index is -0.000000160. The number of halogens is 1. The molecule has 0 saturated heterocycles. The Hall–Kier alpha value is -2.88.